The maximum Gasteiger partial charge on any atom is 0.206 e. The van der Waals surface area contributed by atoms with E-state index in [1.54, 1.807) is 37.4 Å². The van der Waals surface area contributed by atoms with Gasteiger partial charge in [-0.05, 0) is 74.0 Å². The zero-order chi connectivity index (χ0) is 19.9. The van der Waals surface area contributed by atoms with E-state index in [4.69, 9.17) is 4.74 Å². The molecule has 5 nitrogen and oxygen atoms in total. The first-order valence-corrected chi connectivity index (χ1v) is 11.4. The summed E-state index contributed by atoms with van der Waals surface area (Å²) in [7, 11) is 0.164. The Morgan fingerprint density at radius 3 is 2.39 bits per heavy atom. The molecule has 0 aromatic heterocycles. The molecule has 6 heteroatoms. The summed E-state index contributed by atoms with van der Waals surface area (Å²) in [6.45, 7) is 5.45. The zero-order valence-corrected chi connectivity index (χ0v) is 17.6. The van der Waals surface area contributed by atoms with E-state index in [1.807, 2.05) is 12.1 Å². The summed E-state index contributed by atoms with van der Waals surface area (Å²) in [5, 5.41) is 0. The molecule has 4 rings (SSSR count). The highest BCUT2D eigenvalue weighted by molar-refractivity contribution is 7.91. The van der Waals surface area contributed by atoms with Crippen LogP contribution in [-0.4, -0.2) is 53.2 Å². The van der Waals surface area contributed by atoms with Gasteiger partial charge >= 0.3 is 0 Å². The number of likely N-dealkylation sites (N-methyl/N-ethyl adjacent to an activating group) is 1. The third-order valence-corrected chi connectivity index (χ3v) is 8.13. The minimum absolute atomic E-state index is 0.300. The van der Waals surface area contributed by atoms with Crippen LogP contribution in [-0.2, 0) is 9.84 Å². The van der Waals surface area contributed by atoms with Crippen molar-refractivity contribution in [2.45, 2.75) is 41.5 Å². The van der Waals surface area contributed by atoms with Crippen molar-refractivity contribution >= 4 is 15.5 Å². The molecule has 0 amide bonds. The van der Waals surface area contributed by atoms with Crippen molar-refractivity contribution in [2.24, 2.45) is 0 Å². The summed E-state index contributed by atoms with van der Waals surface area (Å²) in [6.07, 6.45) is 2.19. The number of ether oxygens (including phenoxy) is 1. The normalized spacial score (nSPS) is 22.5. The molecule has 0 saturated carbocycles. The molecule has 1 saturated heterocycles. The van der Waals surface area contributed by atoms with Crippen LogP contribution in [0.4, 0.5) is 5.69 Å². The van der Waals surface area contributed by atoms with E-state index in [1.165, 1.54) is 11.3 Å². The van der Waals surface area contributed by atoms with Gasteiger partial charge in [0, 0.05) is 31.2 Å². The molecule has 0 bridgehead atoms. The molecule has 150 valence electrons. The van der Waals surface area contributed by atoms with Crippen molar-refractivity contribution in [3.05, 3.63) is 48.0 Å². The Bertz CT molecular complexity index is 956. The van der Waals surface area contributed by atoms with Crippen molar-refractivity contribution in [3.63, 3.8) is 0 Å². The monoisotopic (exact) mass is 400 g/mol. The molecular formula is C22H28N2O3S. The van der Waals surface area contributed by atoms with Gasteiger partial charge < -0.3 is 14.5 Å². The maximum atomic E-state index is 13.2. The summed E-state index contributed by atoms with van der Waals surface area (Å²) in [4.78, 5) is 5.52. The summed E-state index contributed by atoms with van der Waals surface area (Å²) in [5.41, 5.74) is 2.36. The molecule has 2 heterocycles. The van der Waals surface area contributed by atoms with Crippen molar-refractivity contribution in [1.82, 2.24) is 4.90 Å². The number of fused-ring (bicyclic) bond motifs is 3. The Morgan fingerprint density at radius 2 is 1.71 bits per heavy atom. The van der Waals surface area contributed by atoms with Gasteiger partial charge in [-0.3, -0.25) is 0 Å². The number of benzene rings is 2. The van der Waals surface area contributed by atoms with Crippen molar-refractivity contribution < 1.29 is 13.2 Å². The second kappa shape index (κ2) is 7.41. The van der Waals surface area contributed by atoms with Gasteiger partial charge in [0.1, 0.15) is 5.75 Å². The maximum absolute atomic E-state index is 13.2. The fourth-order valence-electron chi connectivity index (χ4n) is 4.67. The van der Waals surface area contributed by atoms with Crippen LogP contribution in [0.3, 0.4) is 0 Å². The lowest BCUT2D eigenvalue weighted by Gasteiger charge is -2.25. The number of rotatable bonds is 4. The van der Waals surface area contributed by atoms with E-state index < -0.39 is 9.84 Å². The van der Waals surface area contributed by atoms with Crippen LogP contribution in [0, 0.1) is 0 Å². The molecule has 0 unspecified atom stereocenters. The quantitative estimate of drug-likeness (QED) is 0.786. The fraction of sp³-hybridized carbons (Fsp3) is 0.455. The van der Waals surface area contributed by atoms with Crippen LogP contribution in [0.25, 0.3) is 0 Å². The molecule has 2 atom stereocenters. The lowest BCUT2D eigenvalue weighted by atomic mass is 9.91. The third-order valence-electron chi connectivity index (χ3n) is 6.37. The van der Waals surface area contributed by atoms with Gasteiger partial charge in [0.25, 0.3) is 0 Å². The number of sulfone groups is 1. The fourth-order valence-corrected chi connectivity index (χ4v) is 5.97. The van der Waals surface area contributed by atoms with E-state index in [-0.39, 0.29) is 0 Å². The topological polar surface area (TPSA) is 49.9 Å². The smallest absolute Gasteiger partial charge is 0.206 e. The van der Waals surface area contributed by atoms with Crippen LogP contribution in [0.5, 0.6) is 5.75 Å². The minimum atomic E-state index is -3.55. The van der Waals surface area contributed by atoms with E-state index in [0.717, 1.165) is 32.5 Å². The number of nitrogens with zero attached hydrogens (tertiary/aromatic N) is 2. The first-order valence-electron chi connectivity index (χ1n) is 9.94. The van der Waals surface area contributed by atoms with Gasteiger partial charge in [0.05, 0.1) is 16.9 Å². The summed E-state index contributed by atoms with van der Waals surface area (Å²) in [6, 6.07) is 12.7. The summed E-state index contributed by atoms with van der Waals surface area (Å²) in [5.74, 6) is 1.04. The third kappa shape index (κ3) is 3.18. The predicted octanol–water partition coefficient (Wildman–Crippen LogP) is 3.55. The average Bonchev–Trinajstić information content (AvgIpc) is 2.86. The van der Waals surface area contributed by atoms with E-state index in [0.29, 0.717) is 27.5 Å². The Hall–Kier alpha value is -2.05. The van der Waals surface area contributed by atoms with Gasteiger partial charge in [-0.1, -0.05) is 6.92 Å². The summed E-state index contributed by atoms with van der Waals surface area (Å²) < 4.78 is 31.5. The minimum Gasteiger partial charge on any atom is -0.497 e. The molecule has 2 aromatic carbocycles. The molecule has 2 aliphatic rings. The Kier molecular flexibility index (Phi) is 5.10. The average molecular weight is 401 g/mol. The molecule has 0 aliphatic carbocycles. The van der Waals surface area contributed by atoms with Crippen LogP contribution in [0.2, 0.25) is 0 Å². The van der Waals surface area contributed by atoms with Crippen LogP contribution in [0.15, 0.2) is 52.3 Å². The zero-order valence-electron chi connectivity index (χ0n) is 16.8. The molecule has 0 spiro atoms. The highest BCUT2D eigenvalue weighted by atomic mass is 32.2. The van der Waals surface area contributed by atoms with Gasteiger partial charge in [0.2, 0.25) is 9.84 Å². The molecule has 1 fully saturated rings. The second-order valence-corrected chi connectivity index (χ2v) is 9.65. The SMILES string of the molecule is CCN1CC[C@@H]2[C@@H](CC1)c1cc(S(=O)(=O)c3ccc(OC)cc3)ccc1N2C. The standard InChI is InChI=1S/C22H28N2O3S/c1-4-24-13-11-19-20-15-18(9-10-21(20)23(2)22(19)12-14-24)28(25,26)17-7-5-16(27-3)6-8-17/h5-10,15,19,22H,4,11-14H2,1-3H3/t19-,22+/m0/s1. The number of hydrogen-bond acceptors (Lipinski definition) is 5. The van der Waals surface area contributed by atoms with Crippen LogP contribution < -0.4 is 9.64 Å². The van der Waals surface area contributed by atoms with E-state index >= 15 is 0 Å². The molecule has 0 radical (unpaired) electrons. The number of likely N-dealkylation sites (tertiary alicyclic amines) is 1. The highest BCUT2D eigenvalue weighted by Crippen LogP contribution is 2.45. The first kappa shape index (κ1) is 19.3. The molecule has 2 aliphatic heterocycles. The van der Waals surface area contributed by atoms with Gasteiger partial charge in [-0.25, -0.2) is 8.42 Å². The second-order valence-electron chi connectivity index (χ2n) is 7.70. The number of hydrogen-bond donors (Lipinski definition) is 0. The van der Waals surface area contributed by atoms with E-state index in [2.05, 4.69) is 23.8 Å². The Labute approximate surface area is 167 Å². The van der Waals surface area contributed by atoms with Crippen molar-refractivity contribution in [2.75, 3.05) is 38.7 Å². The summed E-state index contributed by atoms with van der Waals surface area (Å²) >= 11 is 0. The first-order chi connectivity index (χ1) is 13.5. The van der Waals surface area contributed by atoms with Gasteiger partial charge in [-0.15, -0.1) is 0 Å². The molecule has 2 aromatic rings. The Morgan fingerprint density at radius 1 is 1.04 bits per heavy atom. The van der Waals surface area contributed by atoms with Gasteiger partial charge in [-0.2, -0.15) is 0 Å². The number of anilines is 1. The van der Waals surface area contributed by atoms with Crippen molar-refractivity contribution in [3.8, 4) is 5.75 Å². The predicted molar refractivity (Wildman–Crippen MR) is 111 cm³/mol. The van der Waals surface area contributed by atoms with E-state index in [9.17, 15) is 8.42 Å². The van der Waals surface area contributed by atoms with Gasteiger partial charge in [0.15, 0.2) is 0 Å². The number of methoxy groups -OCH3 is 1. The molecule has 0 N–H and O–H groups in total. The lowest BCUT2D eigenvalue weighted by molar-refractivity contribution is 0.298. The molecule has 28 heavy (non-hydrogen) atoms. The Balaban J connectivity index is 1.70. The largest absolute Gasteiger partial charge is 0.497 e. The van der Waals surface area contributed by atoms with Crippen molar-refractivity contribution in [1.29, 1.82) is 0 Å². The van der Waals surface area contributed by atoms with Crippen LogP contribution in [0.1, 0.15) is 31.2 Å². The van der Waals surface area contributed by atoms with Crippen LogP contribution >= 0.6 is 0 Å². The molecular weight excluding hydrogens is 372 g/mol. The highest BCUT2D eigenvalue weighted by Gasteiger charge is 2.38. The lowest BCUT2D eigenvalue weighted by Crippen LogP contribution is -2.31.